The standard InChI is InChI=1S/C12H13IN4O2/c1-3-19-8(2)15-16-12(18)9-4-5-17-10(13)7-14-11(17)6-9/h4-8H,3H2,1-2H3. The lowest BCUT2D eigenvalue weighted by Gasteiger charge is -2.03. The summed E-state index contributed by atoms with van der Waals surface area (Å²) >= 11 is 2.17. The summed E-state index contributed by atoms with van der Waals surface area (Å²) in [6, 6.07) is 3.39. The first-order valence-corrected chi connectivity index (χ1v) is 6.89. The zero-order valence-corrected chi connectivity index (χ0v) is 12.7. The van der Waals surface area contributed by atoms with Crippen LogP contribution >= 0.6 is 22.6 Å². The number of hydrogen-bond acceptors (Lipinski definition) is 4. The molecule has 0 saturated carbocycles. The number of hydrogen-bond donors (Lipinski definition) is 0. The van der Waals surface area contributed by atoms with Crippen molar-refractivity contribution in [3.8, 4) is 0 Å². The summed E-state index contributed by atoms with van der Waals surface area (Å²) in [6.45, 7) is 4.13. The molecule has 2 rings (SSSR count). The van der Waals surface area contributed by atoms with Gasteiger partial charge in [-0.15, -0.1) is 5.11 Å². The predicted molar refractivity (Wildman–Crippen MR) is 78.2 cm³/mol. The van der Waals surface area contributed by atoms with E-state index in [2.05, 4.69) is 37.8 Å². The molecule has 6 nitrogen and oxygen atoms in total. The lowest BCUT2D eigenvalue weighted by Crippen LogP contribution is -2.04. The van der Waals surface area contributed by atoms with Crippen molar-refractivity contribution in [1.82, 2.24) is 9.38 Å². The molecule has 2 aromatic rings. The second-order valence-electron chi connectivity index (χ2n) is 3.80. The number of nitrogens with zero attached hydrogens (tertiary/aromatic N) is 4. The van der Waals surface area contributed by atoms with Gasteiger partial charge in [-0.1, -0.05) is 0 Å². The van der Waals surface area contributed by atoms with Gasteiger partial charge in [0.05, 0.1) is 6.20 Å². The number of pyridine rings is 1. The zero-order valence-electron chi connectivity index (χ0n) is 10.6. The average molecular weight is 372 g/mol. The Balaban J connectivity index is 2.17. The van der Waals surface area contributed by atoms with E-state index in [0.717, 1.165) is 3.70 Å². The predicted octanol–water partition coefficient (Wildman–Crippen LogP) is 2.91. The van der Waals surface area contributed by atoms with E-state index in [-0.39, 0.29) is 0 Å². The SMILES string of the molecule is CCOC(C)N=NC(=O)c1ccn2c(I)cnc2c1. The number of carbonyl (C=O) groups is 1. The van der Waals surface area contributed by atoms with E-state index in [1.54, 1.807) is 31.5 Å². The molecule has 100 valence electrons. The number of aromatic nitrogens is 2. The van der Waals surface area contributed by atoms with Gasteiger partial charge < -0.3 is 4.74 Å². The van der Waals surface area contributed by atoms with E-state index in [4.69, 9.17) is 4.74 Å². The van der Waals surface area contributed by atoms with Crippen molar-refractivity contribution in [3.05, 3.63) is 33.8 Å². The van der Waals surface area contributed by atoms with Gasteiger partial charge in [0, 0.05) is 18.4 Å². The number of rotatable bonds is 4. The van der Waals surface area contributed by atoms with Crippen molar-refractivity contribution in [2.75, 3.05) is 6.61 Å². The smallest absolute Gasteiger partial charge is 0.295 e. The average Bonchev–Trinajstić information content (AvgIpc) is 2.77. The Hall–Kier alpha value is -1.35. The first-order chi connectivity index (χ1) is 9.11. The molecule has 7 heteroatoms. The molecule has 0 aliphatic rings. The topological polar surface area (TPSA) is 68.3 Å². The summed E-state index contributed by atoms with van der Waals surface area (Å²) < 4.78 is 8.04. The summed E-state index contributed by atoms with van der Waals surface area (Å²) in [5.41, 5.74) is 1.17. The zero-order chi connectivity index (χ0) is 13.8. The fourth-order valence-electron chi connectivity index (χ4n) is 1.55. The van der Waals surface area contributed by atoms with E-state index >= 15 is 0 Å². The van der Waals surface area contributed by atoms with Crippen LogP contribution in [-0.4, -0.2) is 28.1 Å². The van der Waals surface area contributed by atoms with Crippen LogP contribution < -0.4 is 0 Å². The molecule has 1 amide bonds. The number of fused-ring (bicyclic) bond motifs is 1. The first kappa shape index (κ1) is 14.1. The Morgan fingerprint density at radius 1 is 1.63 bits per heavy atom. The number of amides is 1. The van der Waals surface area contributed by atoms with Crippen LogP contribution in [-0.2, 0) is 4.74 Å². The lowest BCUT2D eigenvalue weighted by molar-refractivity contribution is 0.0741. The molecule has 0 bridgehead atoms. The van der Waals surface area contributed by atoms with E-state index in [1.165, 1.54) is 0 Å². The molecule has 2 aromatic heterocycles. The number of imidazole rings is 1. The van der Waals surface area contributed by atoms with Crippen LogP contribution in [0.4, 0.5) is 0 Å². The summed E-state index contributed by atoms with van der Waals surface area (Å²) in [5, 5.41) is 7.45. The molecular weight excluding hydrogens is 359 g/mol. The van der Waals surface area contributed by atoms with Gasteiger partial charge in [-0.3, -0.25) is 9.20 Å². The molecule has 1 unspecified atom stereocenters. The van der Waals surface area contributed by atoms with Gasteiger partial charge in [-0.25, -0.2) is 4.98 Å². The molecule has 0 radical (unpaired) electrons. The van der Waals surface area contributed by atoms with Crippen molar-refractivity contribution < 1.29 is 9.53 Å². The van der Waals surface area contributed by atoms with Gasteiger partial charge in [0.2, 0.25) is 0 Å². The Morgan fingerprint density at radius 2 is 2.42 bits per heavy atom. The minimum atomic E-state index is -0.412. The molecule has 0 aromatic carbocycles. The number of halogens is 1. The highest BCUT2D eigenvalue weighted by Gasteiger charge is 2.08. The second-order valence-corrected chi connectivity index (χ2v) is 4.91. The minimum absolute atomic E-state index is 0.396. The number of carbonyl (C=O) groups excluding carboxylic acids is 1. The summed E-state index contributed by atoms with van der Waals surface area (Å²) in [7, 11) is 0. The monoisotopic (exact) mass is 372 g/mol. The molecule has 1 atom stereocenters. The molecule has 0 saturated heterocycles. The van der Waals surface area contributed by atoms with E-state index in [1.807, 2.05) is 11.3 Å². The van der Waals surface area contributed by atoms with Crippen LogP contribution in [0.25, 0.3) is 5.65 Å². The third-order valence-electron chi connectivity index (χ3n) is 2.43. The fraction of sp³-hybridized carbons (Fsp3) is 0.333. The van der Waals surface area contributed by atoms with Gasteiger partial charge >= 0.3 is 0 Å². The van der Waals surface area contributed by atoms with Gasteiger partial charge in [0.15, 0.2) is 6.23 Å². The summed E-state index contributed by atoms with van der Waals surface area (Å²) in [6.07, 6.45) is 3.12. The molecule has 0 N–H and O–H groups in total. The Labute approximate surface area is 124 Å². The molecule has 19 heavy (non-hydrogen) atoms. The van der Waals surface area contributed by atoms with Crippen molar-refractivity contribution in [2.45, 2.75) is 20.1 Å². The van der Waals surface area contributed by atoms with Gasteiger partial charge in [0.1, 0.15) is 9.35 Å². The van der Waals surface area contributed by atoms with Crippen LogP contribution in [0.15, 0.2) is 34.8 Å². The third-order valence-corrected chi connectivity index (χ3v) is 3.23. The van der Waals surface area contributed by atoms with Crippen LogP contribution in [0.1, 0.15) is 24.2 Å². The maximum absolute atomic E-state index is 11.8. The highest BCUT2D eigenvalue weighted by molar-refractivity contribution is 14.1. The molecular formula is C12H13IN4O2. The van der Waals surface area contributed by atoms with Crippen LogP contribution in [0, 0.1) is 3.70 Å². The van der Waals surface area contributed by atoms with E-state index in [0.29, 0.717) is 17.8 Å². The maximum atomic E-state index is 11.8. The molecule has 0 aliphatic heterocycles. The Bertz CT molecular complexity index is 623. The van der Waals surface area contributed by atoms with Gasteiger partial charge in [-0.2, -0.15) is 5.11 Å². The van der Waals surface area contributed by atoms with Gasteiger partial charge in [0.25, 0.3) is 5.91 Å². The second kappa shape index (κ2) is 6.20. The van der Waals surface area contributed by atoms with E-state index in [9.17, 15) is 4.79 Å². The minimum Gasteiger partial charge on any atom is -0.355 e. The van der Waals surface area contributed by atoms with Gasteiger partial charge in [-0.05, 0) is 48.6 Å². The Morgan fingerprint density at radius 3 is 3.16 bits per heavy atom. The highest BCUT2D eigenvalue weighted by atomic mass is 127. The molecule has 0 aliphatic carbocycles. The summed E-state index contributed by atoms with van der Waals surface area (Å²) in [5.74, 6) is -0.396. The van der Waals surface area contributed by atoms with E-state index < -0.39 is 12.1 Å². The molecule has 0 fully saturated rings. The quantitative estimate of drug-likeness (QED) is 0.612. The fourth-order valence-corrected chi connectivity index (χ4v) is 2.10. The molecule has 2 heterocycles. The third kappa shape index (κ3) is 3.35. The van der Waals surface area contributed by atoms with Crippen molar-refractivity contribution in [3.63, 3.8) is 0 Å². The number of ether oxygens (including phenoxy) is 1. The highest BCUT2D eigenvalue weighted by Crippen LogP contribution is 2.12. The first-order valence-electron chi connectivity index (χ1n) is 5.81. The van der Waals surface area contributed by atoms with Crippen LogP contribution in [0.5, 0.6) is 0 Å². The van der Waals surface area contributed by atoms with Crippen molar-refractivity contribution in [1.29, 1.82) is 0 Å². The van der Waals surface area contributed by atoms with Crippen LogP contribution in [0.3, 0.4) is 0 Å². The van der Waals surface area contributed by atoms with Crippen molar-refractivity contribution in [2.24, 2.45) is 10.2 Å². The number of azo groups is 1. The Kier molecular flexibility index (Phi) is 4.59. The normalized spacial score (nSPS) is 13.2. The largest absolute Gasteiger partial charge is 0.355 e. The van der Waals surface area contributed by atoms with Crippen molar-refractivity contribution >= 4 is 34.1 Å². The lowest BCUT2D eigenvalue weighted by atomic mass is 10.2. The summed E-state index contributed by atoms with van der Waals surface area (Å²) in [4.78, 5) is 16.0. The molecule has 0 spiro atoms. The maximum Gasteiger partial charge on any atom is 0.295 e. The van der Waals surface area contributed by atoms with Crippen LogP contribution in [0.2, 0.25) is 0 Å².